The Morgan fingerprint density at radius 3 is 2.57 bits per heavy atom. The first-order chi connectivity index (χ1) is 11.0. The molecule has 1 N–H and O–H groups in total. The highest BCUT2D eigenvalue weighted by Gasteiger charge is 2.14. The first kappa shape index (κ1) is 17.2. The minimum atomic E-state index is -0.269. The van der Waals surface area contributed by atoms with Crippen LogP contribution in [0.4, 0.5) is 11.6 Å². The third kappa shape index (κ3) is 3.99. The summed E-state index contributed by atoms with van der Waals surface area (Å²) in [6.07, 6.45) is 0. The van der Waals surface area contributed by atoms with Gasteiger partial charge in [0.25, 0.3) is 5.91 Å². The number of carbonyl (C=O) groups is 1. The molecule has 1 heterocycles. The lowest BCUT2D eigenvalue weighted by molar-refractivity contribution is 0.102. The molecular weight excluding hydrogens is 312 g/mol. The van der Waals surface area contributed by atoms with E-state index < -0.39 is 0 Å². The maximum absolute atomic E-state index is 12.5. The molecule has 0 atom stereocenters. The number of benzene rings is 1. The van der Waals surface area contributed by atoms with Crippen molar-refractivity contribution in [3.8, 4) is 0 Å². The van der Waals surface area contributed by atoms with Gasteiger partial charge in [0.05, 0.1) is 0 Å². The van der Waals surface area contributed by atoms with Gasteiger partial charge >= 0.3 is 0 Å². The molecule has 0 unspecified atom stereocenters. The van der Waals surface area contributed by atoms with E-state index in [4.69, 9.17) is 11.6 Å². The van der Waals surface area contributed by atoms with E-state index in [-0.39, 0.29) is 5.91 Å². The van der Waals surface area contributed by atoms with Crippen LogP contribution in [0, 0.1) is 13.8 Å². The molecule has 2 aromatic rings. The van der Waals surface area contributed by atoms with E-state index in [0.717, 1.165) is 24.3 Å². The van der Waals surface area contributed by atoms with Crippen LogP contribution in [0.25, 0.3) is 0 Å². The van der Waals surface area contributed by atoms with E-state index in [1.54, 1.807) is 18.2 Å². The highest BCUT2D eigenvalue weighted by molar-refractivity contribution is 6.31. The number of rotatable bonds is 5. The Hall–Kier alpha value is -2.14. The van der Waals surface area contributed by atoms with Gasteiger partial charge in [0.15, 0.2) is 0 Å². The second-order valence-corrected chi connectivity index (χ2v) is 5.64. The van der Waals surface area contributed by atoms with Gasteiger partial charge in [-0.3, -0.25) is 4.79 Å². The number of aryl methyl sites for hydroxylation is 1. The van der Waals surface area contributed by atoms with Crippen LogP contribution in [0.5, 0.6) is 0 Å². The molecule has 6 heteroatoms. The summed E-state index contributed by atoms with van der Waals surface area (Å²) in [5.41, 5.74) is 2.62. The van der Waals surface area contributed by atoms with Gasteiger partial charge < -0.3 is 10.2 Å². The largest absolute Gasteiger partial charge is 0.341 e. The van der Waals surface area contributed by atoms with E-state index in [2.05, 4.69) is 15.3 Å². The molecule has 0 radical (unpaired) electrons. The second-order valence-electron chi connectivity index (χ2n) is 5.23. The molecule has 122 valence electrons. The Kier molecular flexibility index (Phi) is 5.55. The minimum Gasteiger partial charge on any atom is -0.341 e. The zero-order valence-electron chi connectivity index (χ0n) is 13.9. The number of anilines is 2. The molecular formula is C17H21ClN4O. The van der Waals surface area contributed by atoms with Gasteiger partial charge in [-0.2, -0.15) is 0 Å². The lowest BCUT2D eigenvalue weighted by Gasteiger charge is -2.19. The molecule has 1 aromatic heterocycles. The van der Waals surface area contributed by atoms with Crippen LogP contribution in [0.15, 0.2) is 24.3 Å². The summed E-state index contributed by atoms with van der Waals surface area (Å²) >= 11 is 6.09. The topological polar surface area (TPSA) is 58.1 Å². The van der Waals surface area contributed by atoms with Gasteiger partial charge in [0.1, 0.15) is 5.69 Å². The van der Waals surface area contributed by atoms with Crippen LogP contribution >= 0.6 is 11.6 Å². The average Bonchev–Trinajstić information content (AvgIpc) is 2.52. The van der Waals surface area contributed by atoms with Gasteiger partial charge in [-0.1, -0.05) is 17.7 Å². The molecule has 2 rings (SSSR count). The number of hydrogen-bond acceptors (Lipinski definition) is 4. The van der Waals surface area contributed by atoms with Crippen molar-refractivity contribution in [3.63, 3.8) is 0 Å². The number of halogens is 1. The molecule has 5 nitrogen and oxygen atoms in total. The van der Waals surface area contributed by atoms with Gasteiger partial charge in [0.2, 0.25) is 5.95 Å². The highest BCUT2D eigenvalue weighted by Crippen LogP contribution is 2.23. The van der Waals surface area contributed by atoms with E-state index in [0.29, 0.717) is 22.4 Å². The molecule has 0 saturated carbocycles. The number of nitrogens with zero attached hydrogens (tertiary/aromatic N) is 3. The normalized spacial score (nSPS) is 10.5. The summed E-state index contributed by atoms with van der Waals surface area (Å²) in [5.74, 6) is 0.303. The number of aromatic nitrogens is 2. The molecule has 0 fully saturated rings. The number of nitrogens with one attached hydrogen (secondary N) is 1. The summed E-state index contributed by atoms with van der Waals surface area (Å²) in [7, 11) is 0. The Bertz CT molecular complexity index is 714. The molecule has 0 spiro atoms. The molecule has 0 saturated heterocycles. The van der Waals surface area contributed by atoms with Crippen LogP contribution in [0.1, 0.15) is 35.6 Å². The average molecular weight is 333 g/mol. The lowest BCUT2D eigenvalue weighted by atomic mass is 10.2. The Morgan fingerprint density at radius 1 is 1.22 bits per heavy atom. The molecule has 1 aromatic carbocycles. The standard InChI is InChI=1S/C17H21ClN4O/c1-5-22(6-2)17-19-11(3)10-15(21-17)16(23)20-14-9-7-8-13(18)12(14)4/h7-10H,5-6H2,1-4H3,(H,20,23). The quantitative estimate of drug-likeness (QED) is 0.903. The first-order valence-corrected chi connectivity index (χ1v) is 8.01. The summed E-state index contributed by atoms with van der Waals surface area (Å²) in [5, 5.41) is 3.48. The van der Waals surface area contributed by atoms with E-state index in [9.17, 15) is 4.79 Å². The third-order valence-electron chi connectivity index (χ3n) is 3.64. The Labute approximate surface area is 141 Å². The fourth-order valence-electron chi connectivity index (χ4n) is 2.25. The van der Waals surface area contributed by atoms with Crippen molar-refractivity contribution in [3.05, 3.63) is 46.2 Å². The van der Waals surface area contributed by atoms with Gasteiger partial charge in [-0.15, -0.1) is 0 Å². The molecule has 0 aliphatic rings. The Morgan fingerprint density at radius 2 is 1.91 bits per heavy atom. The predicted molar refractivity (Wildman–Crippen MR) is 94.5 cm³/mol. The van der Waals surface area contributed by atoms with Crippen molar-refractivity contribution >= 4 is 29.1 Å². The van der Waals surface area contributed by atoms with Crippen LogP contribution in [-0.2, 0) is 0 Å². The van der Waals surface area contributed by atoms with Crippen molar-refractivity contribution in [1.82, 2.24) is 9.97 Å². The summed E-state index contributed by atoms with van der Waals surface area (Å²) < 4.78 is 0. The lowest BCUT2D eigenvalue weighted by Crippen LogP contribution is -2.26. The molecule has 23 heavy (non-hydrogen) atoms. The van der Waals surface area contributed by atoms with Crippen molar-refractivity contribution in [2.75, 3.05) is 23.3 Å². The summed E-state index contributed by atoms with van der Waals surface area (Å²) in [4.78, 5) is 23.3. The summed E-state index contributed by atoms with van der Waals surface area (Å²) in [6, 6.07) is 7.10. The molecule has 0 aliphatic heterocycles. The maximum atomic E-state index is 12.5. The maximum Gasteiger partial charge on any atom is 0.274 e. The minimum absolute atomic E-state index is 0.269. The van der Waals surface area contributed by atoms with Crippen LogP contribution in [0.3, 0.4) is 0 Å². The van der Waals surface area contributed by atoms with Crippen LogP contribution < -0.4 is 10.2 Å². The van der Waals surface area contributed by atoms with Crippen molar-refractivity contribution < 1.29 is 4.79 Å². The van der Waals surface area contributed by atoms with Gasteiger partial charge in [-0.25, -0.2) is 9.97 Å². The second kappa shape index (κ2) is 7.42. The predicted octanol–water partition coefficient (Wildman–Crippen LogP) is 3.85. The SMILES string of the molecule is CCN(CC)c1nc(C)cc(C(=O)Nc2cccc(Cl)c2C)n1. The van der Waals surface area contributed by atoms with E-state index in [1.807, 2.05) is 38.7 Å². The van der Waals surface area contributed by atoms with Crippen molar-refractivity contribution in [1.29, 1.82) is 0 Å². The number of hydrogen-bond donors (Lipinski definition) is 1. The fraction of sp³-hybridized carbons (Fsp3) is 0.353. The first-order valence-electron chi connectivity index (χ1n) is 7.63. The molecule has 0 aliphatic carbocycles. The highest BCUT2D eigenvalue weighted by atomic mass is 35.5. The van der Waals surface area contributed by atoms with E-state index in [1.165, 1.54) is 0 Å². The summed E-state index contributed by atoms with van der Waals surface area (Å²) in [6.45, 7) is 9.36. The zero-order valence-corrected chi connectivity index (χ0v) is 14.6. The number of carbonyl (C=O) groups excluding carboxylic acids is 1. The zero-order chi connectivity index (χ0) is 17.0. The third-order valence-corrected chi connectivity index (χ3v) is 4.05. The Balaban J connectivity index is 2.30. The van der Waals surface area contributed by atoms with Crippen LogP contribution in [0.2, 0.25) is 5.02 Å². The fourth-order valence-corrected chi connectivity index (χ4v) is 2.42. The van der Waals surface area contributed by atoms with Crippen LogP contribution in [-0.4, -0.2) is 29.0 Å². The van der Waals surface area contributed by atoms with Crippen molar-refractivity contribution in [2.24, 2.45) is 0 Å². The van der Waals surface area contributed by atoms with E-state index >= 15 is 0 Å². The molecule has 1 amide bonds. The monoisotopic (exact) mass is 332 g/mol. The number of amides is 1. The van der Waals surface area contributed by atoms with Gasteiger partial charge in [0, 0.05) is 29.5 Å². The van der Waals surface area contributed by atoms with Crippen molar-refractivity contribution in [2.45, 2.75) is 27.7 Å². The van der Waals surface area contributed by atoms with Gasteiger partial charge in [-0.05, 0) is 51.5 Å². The molecule has 0 bridgehead atoms. The smallest absolute Gasteiger partial charge is 0.274 e.